The second-order valence-corrected chi connectivity index (χ2v) is 8.02. The van der Waals surface area contributed by atoms with Crippen molar-refractivity contribution in [2.75, 3.05) is 12.0 Å². The summed E-state index contributed by atoms with van der Waals surface area (Å²) >= 11 is 13.8. The lowest BCUT2D eigenvalue weighted by molar-refractivity contribution is 0.415. The summed E-state index contributed by atoms with van der Waals surface area (Å²) < 4.78 is 5.29. The van der Waals surface area contributed by atoms with Crippen molar-refractivity contribution in [1.82, 2.24) is 10.3 Å². The molecule has 3 aromatic rings. The van der Waals surface area contributed by atoms with Crippen LogP contribution in [0.3, 0.4) is 0 Å². The molecule has 4 nitrogen and oxygen atoms in total. The molecule has 1 aliphatic rings. The molecule has 4 rings (SSSR count). The van der Waals surface area contributed by atoms with Crippen LogP contribution in [0.5, 0.6) is 5.75 Å². The van der Waals surface area contributed by atoms with Crippen LogP contribution in [0, 0.1) is 6.92 Å². The van der Waals surface area contributed by atoms with Crippen molar-refractivity contribution in [2.24, 2.45) is 0 Å². The summed E-state index contributed by atoms with van der Waals surface area (Å²) in [5, 5.41) is 6.78. The largest absolute Gasteiger partial charge is 0.495 e. The van der Waals surface area contributed by atoms with Gasteiger partial charge in [-0.1, -0.05) is 17.7 Å². The highest BCUT2D eigenvalue weighted by atomic mass is 35.5. The summed E-state index contributed by atoms with van der Waals surface area (Å²) in [5.74, 6) is 0.642. The average Bonchev–Trinajstić information content (AvgIpc) is 3.25. The molecular weight excluding hydrogens is 398 g/mol. The lowest BCUT2D eigenvalue weighted by atomic mass is 10.0. The average molecular weight is 416 g/mol. The summed E-state index contributed by atoms with van der Waals surface area (Å²) in [6, 6.07) is 13.8. The molecule has 138 valence electrons. The summed E-state index contributed by atoms with van der Waals surface area (Å²) in [6.45, 7) is 2.13. The van der Waals surface area contributed by atoms with Gasteiger partial charge in [0.25, 0.3) is 0 Å². The summed E-state index contributed by atoms with van der Waals surface area (Å²) in [4.78, 5) is 7.95. The van der Waals surface area contributed by atoms with Crippen molar-refractivity contribution < 1.29 is 4.74 Å². The molecule has 3 heterocycles. The normalized spacial score (nSPS) is 19.2. The second-order valence-electron chi connectivity index (χ2n) is 6.28. The van der Waals surface area contributed by atoms with Gasteiger partial charge in [-0.2, -0.15) is 0 Å². The Hall–Kier alpha value is -2.15. The number of halogens is 1. The minimum atomic E-state index is -0.0445. The van der Waals surface area contributed by atoms with E-state index in [0.29, 0.717) is 15.9 Å². The van der Waals surface area contributed by atoms with E-state index in [9.17, 15) is 0 Å². The van der Waals surface area contributed by atoms with Gasteiger partial charge in [-0.05, 0) is 66.5 Å². The molecule has 0 bridgehead atoms. The number of nitrogens with zero attached hydrogens (tertiary/aromatic N) is 2. The number of pyridine rings is 1. The first-order valence-corrected chi connectivity index (χ1v) is 10.1. The van der Waals surface area contributed by atoms with E-state index >= 15 is 0 Å². The standard InChI is InChI=1S/C20H18ClN3OS2/c1-12-8-10-27-19(12)18-17(15-5-3-4-9-22-15)23-20(26)24(18)13-6-7-16(25-2)14(21)11-13/h3-11,17-18H,1-2H3,(H,23,26)/t17-,18+/m1/s1. The van der Waals surface area contributed by atoms with Gasteiger partial charge in [0.1, 0.15) is 5.75 Å². The molecule has 0 spiro atoms. The molecule has 1 aromatic carbocycles. The van der Waals surface area contributed by atoms with Crippen molar-refractivity contribution in [3.05, 3.63) is 75.2 Å². The Kier molecular flexibility index (Phi) is 5.04. The van der Waals surface area contributed by atoms with Crippen molar-refractivity contribution in [3.8, 4) is 5.75 Å². The molecule has 1 aliphatic heterocycles. The number of aryl methyl sites for hydroxylation is 1. The number of benzene rings is 1. The van der Waals surface area contributed by atoms with Crippen molar-refractivity contribution in [3.63, 3.8) is 0 Å². The fourth-order valence-electron chi connectivity index (χ4n) is 3.39. The van der Waals surface area contributed by atoms with Gasteiger partial charge in [-0.25, -0.2) is 0 Å². The van der Waals surface area contributed by atoms with Crippen LogP contribution in [-0.4, -0.2) is 17.2 Å². The van der Waals surface area contributed by atoms with Gasteiger partial charge in [0.15, 0.2) is 5.11 Å². The SMILES string of the molecule is COc1ccc(N2C(=S)N[C@H](c3ccccn3)[C@H]2c2sccc2C)cc1Cl. The van der Waals surface area contributed by atoms with E-state index in [-0.39, 0.29) is 12.1 Å². The number of thiocarbonyl (C=S) groups is 1. The molecule has 1 saturated heterocycles. The molecule has 2 atom stereocenters. The van der Waals surface area contributed by atoms with E-state index in [2.05, 4.69) is 33.6 Å². The highest BCUT2D eigenvalue weighted by Gasteiger charge is 2.42. The van der Waals surface area contributed by atoms with Crippen LogP contribution >= 0.6 is 35.2 Å². The molecule has 27 heavy (non-hydrogen) atoms. The molecule has 0 saturated carbocycles. The Labute approximate surface area is 172 Å². The van der Waals surface area contributed by atoms with Crippen LogP contribution in [0.1, 0.15) is 28.2 Å². The van der Waals surface area contributed by atoms with E-state index in [4.69, 9.17) is 28.6 Å². The number of hydrogen-bond donors (Lipinski definition) is 1. The minimum Gasteiger partial charge on any atom is -0.495 e. The third-order valence-electron chi connectivity index (χ3n) is 4.68. The zero-order valence-corrected chi connectivity index (χ0v) is 17.2. The molecule has 1 fully saturated rings. The molecule has 7 heteroatoms. The molecule has 0 unspecified atom stereocenters. The number of anilines is 1. The fraction of sp³-hybridized carbons (Fsp3) is 0.200. The van der Waals surface area contributed by atoms with Gasteiger partial charge >= 0.3 is 0 Å². The van der Waals surface area contributed by atoms with Crippen molar-refractivity contribution >= 4 is 46.0 Å². The Morgan fingerprint density at radius 3 is 2.74 bits per heavy atom. The summed E-state index contributed by atoms with van der Waals surface area (Å²) in [7, 11) is 1.61. The quantitative estimate of drug-likeness (QED) is 0.586. The highest BCUT2D eigenvalue weighted by Crippen LogP contribution is 2.45. The van der Waals surface area contributed by atoms with Crippen molar-refractivity contribution in [1.29, 1.82) is 0 Å². The van der Waals surface area contributed by atoms with Gasteiger partial charge < -0.3 is 15.0 Å². The van der Waals surface area contributed by atoms with Gasteiger partial charge in [0, 0.05) is 16.8 Å². The predicted octanol–water partition coefficient (Wildman–Crippen LogP) is 5.29. The smallest absolute Gasteiger partial charge is 0.174 e. The zero-order valence-electron chi connectivity index (χ0n) is 14.8. The lowest BCUT2D eigenvalue weighted by Gasteiger charge is -2.28. The Balaban J connectivity index is 1.83. The molecule has 0 amide bonds. The third-order valence-corrected chi connectivity index (χ3v) is 6.38. The van der Waals surface area contributed by atoms with Crippen LogP contribution in [0.25, 0.3) is 0 Å². The number of nitrogens with one attached hydrogen (secondary N) is 1. The Morgan fingerprint density at radius 2 is 2.11 bits per heavy atom. The van der Waals surface area contributed by atoms with Crippen LogP contribution in [0.15, 0.2) is 54.0 Å². The van der Waals surface area contributed by atoms with Crippen LogP contribution in [0.2, 0.25) is 5.02 Å². The first-order valence-electron chi connectivity index (χ1n) is 8.48. The number of ether oxygens (including phenoxy) is 1. The third kappa shape index (κ3) is 3.29. The van der Waals surface area contributed by atoms with Gasteiger partial charge in [-0.3, -0.25) is 4.98 Å². The molecule has 0 radical (unpaired) electrons. The first-order chi connectivity index (χ1) is 13.1. The van der Waals surface area contributed by atoms with Gasteiger partial charge in [0.05, 0.1) is 29.9 Å². The predicted molar refractivity (Wildman–Crippen MR) is 115 cm³/mol. The number of thiophene rings is 1. The minimum absolute atomic E-state index is 0.00291. The molecule has 0 aliphatic carbocycles. The lowest BCUT2D eigenvalue weighted by Crippen LogP contribution is -2.29. The number of methoxy groups -OCH3 is 1. The number of rotatable bonds is 4. The van der Waals surface area contributed by atoms with Crippen LogP contribution < -0.4 is 15.0 Å². The molecule has 1 N–H and O–H groups in total. The van der Waals surface area contributed by atoms with E-state index in [1.807, 2.05) is 42.6 Å². The maximum absolute atomic E-state index is 6.39. The zero-order chi connectivity index (χ0) is 19.0. The van der Waals surface area contributed by atoms with Crippen LogP contribution in [-0.2, 0) is 0 Å². The summed E-state index contributed by atoms with van der Waals surface area (Å²) in [5.41, 5.74) is 3.12. The molecule has 2 aromatic heterocycles. The Morgan fingerprint density at radius 1 is 1.26 bits per heavy atom. The van der Waals surface area contributed by atoms with Crippen LogP contribution in [0.4, 0.5) is 5.69 Å². The monoisotopic (exact) mass is 415 g/mol. The number of aromatic nitrogens is 1. The number of hydrogen-bond acceptors (Lipinski definition) is 4. The van der Waals surface area contributed by atoms with E-state index < -0.39 is 0 Å². The first kappa shape index (κ1) is 18.2. The van der Waals surface area contributed by atoms with Gasteiger partial charge in [-0.15, -0.1) is 11.3 Å². The van der Waals surface area contributed by atoms with Gasteiger partial charge in [0.2, 0.25) is 0 Å². The van der Waals surface area contributed by atoms with E-state index in [1.54, 1.807) is 18.4 Å². The van der Waals surface area contributed by atoms with Crippen molar-refractivity contribution in [2.45, 2.75) is 19.0 Å². The van der Waals surface area contributed by atoms with E-state index in [1.165, 1.54) is 10.4 Å². The fourth-order valence-corrected chi connectivity index (χ4v) is 5.04. The highest BCUT2D eigenvalue weighted by molar-refractivity contribution is 7.80. The second kappa shape index (κ2) is 7.46. The maximum atomic E-state index is 6.39. The summed E-state index contributed by atoms with van der Waals surface area (Å²) in [6.07, 6.45) is 1.81. The Bertz CT molecular complexity index is 976. The topological polar surface area (TPSA) is 37.4 Å². The van der Waals surface area contributed by atoms with E-state index in [0.717, 1.165) is 11.4 Å². The molecular formula is C20H18ClN3OS2. The maximum Gasteiger partial charge on any atom is 0.174 e.